The Morgan fingerprint density at radius 1 is 0.963 bits per heavy atom. The van der Waals surface area contributed by atoms with Gasteiger partial charge in [-0.1, -0.05) is 17.7 Å². The number of ether oxygens (including phenoxy) is 1. The van der Waals surface area contributed by atoms with Crippen molar-refractivity contribution in [2.75, 3.05) is 38.2 Å². The Balaban J connectivity index is 1.82. The Hall–Kier alpha value is -2.12. The third-order valence-corrected chi connectivity index (χ3v) is 6.87. The van der Waals surface area contributed by atoms with Gasteiger partial charge in [0.2, 0.25) is 10.0 Å². The summed E-state index contributed by atoms with van der Waals surface area (Å²) in [5.74, 6) is -0.497. The summed E-state index contributed by atoms with van der Waals surface area (Å²) in [6.07, 6.45) is 0. The number of benzene rings is 2. The van der Waals surface area contributed by atoms with Crippen LogP contribution in [0.2, 0.25) is 0 Å². The number of nitrogens with zero attached hydrogens (tertiary/aromatic N) is 2. The number of sulfonamides is 1. The second-order valence-corrected chi connectivity index (χ2v) is 8.84. The number of methoxy groups -OCH3 is 1. The van der Waals surface area contributed by atoms with Crippen molar-refractivity contribution in [3.63, 3.8) is 0 Å². The fourth-order valence-corrected chi connectivity index (χ4v) is 5.38. The maximum Gasteiger partial charge on any atom is 0.246 e. The monoisotopic (exact) mass is 392 g/mol. The maximum atomic E-state index is 13.4. The molecule has 0 aliphatic carbocycles. The summed E-state index contributed by atoms with van der Waals surface area (Å²) in [5, 5.41) is 0. The van der Waals surface area contributed by atoms with E-state index in [9.17, 15) is 12.8 Å². The van der Waals surface area contributed by atoms with Crippen LogP contribution in [0.15, 0.2) is 35.2 Å². The Morgan fingerprint density at radius 3 is 2.11 bits per heavy atom. The van der Waals surface area contributed by atoms with Gasteiger partial charge in [0.15, 0.2) is 0 Å². The first-order chi connectivity index (χ1) is 12.7. The topological polar surface area (TPSA) is 49.9 Å². The van der Waals surface area contributed by atoms with E-state index in [1.807, 2.05) is 0 Å². The molecule has 0 radical (unpaired) electrons. The SMILES string of the molecule is COc1cc(F)ccc1S(=O)(=O)N1CCN(c2c(C)cc(C)cc2C)CC1. The summed E-state index contributed by atoms with van der Waals surface area (Å²) >= 11 is 0. The minimum Gasteiger partial charge on any atom is -0.495 e. The number of hydrogen-bond acceptors (Lipinski definition) is 4. The first-order valence-electron chi connectivity index (χ1n) is 8.90. The molecular formula is C20H25FN2O3S. The number of hydrogen-bond donors (Lipinski definition) is 0. The molecule has 5 nitrogen and oxygen atoms in total. The van der Waals surface area contributed by atoms with Crippen LogP contribution in [0.3, 0.4) is 0 Å². The van der Waals surface area contributed by atoms with E-state index in [-0.39, 0.29) is 10.6 Å². The largest absolute Gasteiger partial charge is 0.495 e. The fraction of sp³-hybridized carbons (Fsp3) is 0.400. The zero-order valence-electron chi connectivity index (χ0n) is 16.1. The lowest BCUT2D eigenvalue weighted by atomic mass is 10.0. The molecule has 0 spiro atoms. The highest BCUT2D eigenvalue weighted by Crippen LogP contribution is 2.31. The number of rotatable bonds is 4. The van der Waals surface area contributed by atoms with Gasteiger partial charge in [-0.05, 0) is 44.0 Å². The number of halogens is 1. The van der Waals surface area contributed by atoms with E-state index in [1.54, 1.807) is 0 Å². The lowest BCUT2D eigenvalue weighted by Crippen LogP contribution is -2.49. The van der Waals surface area contributed by atoms with Crippen molar-refractivity contribution >= 4 is 15.7 Å². The van der Waals surface area contributed by atoms with Gasteiger partial charge in [0.25, 0.3) is 0 Å². The van der Waals surface area contributed by atoms with Gasteiger partial charge < -0.3 is 9.64 Å². The Morgan fingerprint density at radius 2 is 1.56 bits per heavy atom. The summed E-state index contributed by atoms with van der Waals surface area (Å²) in [6, 6.07) is 7.81. The molecule has 0 unspecified atom stereocenters. The molecule has 2 aromatic carbocycles. The third kappa shape index (κ3) is 3.80. The smallest absolute Gasteiger partial charge is 0.246 e. The summed E-state index contributed by atoms with van der Waals surface area (Å²) in [7, 11) is -2.40. The van der Waals surface area contributed by atoms with Gasteiger partial charge >= 0.3 is 0 Å². The molecular weight excluding hydrogens is 367 g/mol. The van der Waals surface area contributed by atoms with E-state index in [0.29, 0.717) is 26.2 Å². The van der Waals surface area contributed by atoms with Crippen LogP contribution in [-0.2, 0) is 10.0 Å². The molecule has 1 heterocycles. The van der Waals surface area contributed by atoms with Gasteiger partial charge in [-0.25, -0.2) is 12.8 Å². The summed E-state index contributed by atoms with van der Waals surface area (Å²) in [4.78, 5) is 2.24. The average molecular weight is 392 g/mol. The fourth-order valence-electron chi connectivity index (χ4n) is 3.82. The molecule has 1 fully saturated rings. The molecule has 0 amide bonds. The van der Waals surface area contributed by atoms with E-state index < -0.39 is 15.8 Å². The highest BCUT2D eigenvalue weighted by molar-refractivity contribution is 7.89. The second-order valence-electron chi connectivity index (χ2n) is 6.93. The van der Waals surface area contributed by atoms with Crippen molar-refractivity contribution < 1.29 is 17.5 Å². The average Bonchev–Trinajstić information content (AvgIpc) is 2.61. The van der Waals surface area contributed by atoms with Crippen LogP contribution in [-0.4, -0.2) is 46.0 Å². The van der Waals surface area contributed by atoms with Crippen molar-refractivity contribution in [3.05, 3.63) is 52.8 Å². The third-order valence-electron chi connectivity index (χ3n) is 4.93. The number of anilines is 1. The standard InChI is InChI=1S/C20H25FN2O3S/c1-14-11-15(2)20(16(3)12-14)22-7-9-23(10-8-22)27(24,25)19-6-5-17(21)13-18(19)26-4/h5-6,11-13H,7-10H2,1-4H3. The van der Waals surface area contributed by atoms with Crippen molar-refractivity contribution in [3.8, 4) is 5.75 Å². The Labute approximate surface area is 160 Å². The molecule has 1 aliphatic rings. The predicted octanol–water partition coefficient (Wildman–Crippen LogP) is 3.27. The summed E-state index contributed by atoms with van der Waals surface area (Å²) in [6.45, 7) is 8.19. The zero-order chi connectivity index (χ0) is 19.8. The van der Waals surface area contributed by atoms with E-state index in [0.717, 1.165) is 12.1 Å². The van der Waals surface area contributed by atoms with Crippen LogP contribution in [0.25, 0.3) is 0 Å². The number of piperazine rings is 1. The molecule has 3 rings (SSSR count). The maximum absolute atomic E-state index is 13.4. The lowest BCUT2D eigenvalue weighted by molar-refractivity contribution is 0.373. The molecule has 146 valence electrons. The quantitative estimate of drug-likeness (QED) is 0.801. The van der Waals surface area contributed by atoms with E-state index in [1.165, 1.54) is 39.9 Å². The molecule has 0 N–H and O–H groups in total. The minimum atomic E-state index is -3.74. The van der Waals surface area contributed by atoms with Gasteiger partial charge in [-0.15, -0.1) is 0 Å². The van der Waals surface area contributed by atoms with Crippen LogP contribution in [0.4, 0.5) is 10.1 Å². The molecule has 1 saturated heterocycles. The summed E-state index contributed by atoms with van der Waals surface area (Å²) < 4.78 is 45.9. The van der Waals surface area contributed by atoms with Gasteiger partial charge in [0.05, 0.1) is 7.11 Å². The van der Waals surface area contributed by atoms with Gasteiger partial charge in [-0.2, -0.15) is 4.31 Å². The first kappa shape index (κ1) is 19.6. The molecule has 0 aromatic heterocycles. The van der Waals surface area contributed by atoms with Gasteiger partial charge in [-0.3, -0.25) is 0 Å². The van der Waals surface area contributed by atoms with Crippen LogP contribution in [0.5, 0.6) is 5.75 Å². The minimum absolute atomic E-state index is 0.00236. The van der Waals surface area contributed by atoms with Crippen LogP contribution in [0, 0.1) is 26.6 Å². The van der Waals surface area contributed by atoms with E-state index >= 15 is 0 Å². The molecule has 2 aromatic rings. The molecule has 0 atom stereocenters. The molecule has 1 aliphatic heterocycles. The molecule has 7 heteroatoms. The predicted molar refractivity (Wildman–Crippen MR) is 105 cm³/mol. The highest BCUT2D eigenvalue weighted by atomic mass is 32.2. The highest BCUT2D eigenvalue weighted by Gasteiger charge is 2.31. The molecule has 0 saturated carbocycles. The Kier molecular flexibility index (Phi) is 5.44. The second kappa shape index (κ2) is 7.48. The lowest BCUT2D eigenvalue weighted by Gasteiger charge is -2.37. The van der Waals surface area contributed by atoms with Crippen LogP contribution >= 0.6 is 0 Å². The Bertz CT molecular complexity index is 929. The van der Waals surface area contributed by atoms with Gasteiger partial charge in [0, 0.05) is 37.9 Å². The zero-order valence-corrected chi connectivity index (χ0v) is 16.9. The van der Waals surface area contributed by atoms with Gasteiger partial charge in [0.1, 0.15) is 16.5 Å². The van der Waals surface area contributed by atoms with Crippen LogP contribution in [0.1, 0.15) is 16.7 Å². The normalized spacial score (nSPS) is 15.8. The molecule has 0 bridgehead atoms. The van der Waals surface area contributed by atoms with Crippen molar-refractivity contribution in [1.82, 2.24) is 4.31 Å². The first-order valence-corrected chi connectivity index (χ1v) is 10.3. The van der Waals surface area contributed by atoms with E-state index in [2.05, 4.69) is 37.8 Å². The summed E-state index contributed by atoms with van der Waals surface area (Å²) in [5.41, 5.74) is 4.79. The number of aryl methyl sites for hydroxylation is 3. The van der Waals surface area contributed by atoms with Crippen molar-refractivity contribution in [1.29, 1.82) is 0 Å². The molecule has 27 heavy (non-hydrogen) atoms. The van der Waals surface area contributed by atoms with E-state index in [4.69, 9.17) is 4.74 Å². The van der Waals surface area contributed by atoms with Crippen LogP contribution < -0.4 is 9.64 Å². The van der Waals surface area contributed by atoms with Crippen molar-refractivity contribution in [2.24, 2.45) is 0 Å². The van der Waals surface area contributed by atoms with Crippen molar-refractivity contribution in [2.45, 2.75) is 25.7 Å².